The topological polar surface area (TPSA) is 67.4 Å². The van der Waals surface area contributed by atoms with Gasteiger partial charge in [-0.15, -0.1) is 0 Å². The lowest BCUT2D eigenvalue weighted by Crippen LogP contribution is -2.27. The fourth-order valence-corrected chi connectivity index (χ4v) is 1.92. The molecule has 0 unspecified atom stereocenters. The molecule has 120 valence electrons. The van der Waals surface area contributed by atoms with Gasteiger partial charge in [-0.05, 0) is 29.8 Å². The summed E-state index contributed by atoms with van der Waals surface area (Å²) in [5, 5.41) is 5.23. The third-order valence-corrected chi connectivity index (χ3v) is 3.08. The Morgan fingerprint density at radius 3 is 2.52 bits per heavy atom. The van der Waals surface area contributed by atoms with Crippen molar-refractivity contribution in [2.24, 2.45) is 0 Å². The zero-order valence-electron chi connectivity index (χ0n) is 12.6. The molecule has 0 aliphatic rings. The van der Waals surface area contributed by atoms with Crippen molar-refractivity contribution >= 4 is 17.5 Å². The number of carbonyl (C=O) groups excluding carboxylic acids is 2. The minimum atomic E-state index is -0.421. The van der Waals surface area contributed by atoms with E-state index in [4.69, 9.17) is 4.74 Å². The molecule has 0 aromatic heterocycles. The van der Waals surface area contributed by atoms with Gasteiger partial charge < -0.3 is 15.4 Å². The van der Waals surface area contributed by atoms with E-state index in [1.807, 2.05) is 0 Å². The number of halogens is 1. The first-order valence-corrected chi connectivity index (χ1v) is 7.02. The van der Waals surface area contributed by atoms with Crippen molar-refractivity contribution in [2.75, 3.05) is 12.4 Å². The van der Waals surface area contributed by atoms with Gasteiger partial charge in [-0.25, -0.2) is 4.39 Å². The Kier molecular flexibility index (Phi) is 5.68. The molecule has 2 rings (SSSR count). The Morgan fingerprint density at radius 2 is 1.83 bits per heavy atom. The highest BCUT2D eigenvalue weighted by Gasteiger charge is 2.10. The van der Waals surface area contributed by atoms with Crippen LogP contribution in [0.5, 0.6) is 5.75 Å². The van der Waals surface area contributed by atoms with Crippen LogP contribution < -0.4 is 15.4 Å². The van der Waals surface area contributed by atoms with E-state index in [1.165, 1.54) is 19.2 Å². The number of hydrogen-bond acceptors (Lipinski definition) is 3. The number of rotatable bonds is 6. The third kappa shape index (κ3) is 5.43. The summed E-state index contributed by atoms with van der Waals surface area (Å²) in [5.41, 5.74) is 1.31. The minimum absolute atomic E-state index is 0.242. The van der Waals surface area contributed by atoms with Gasteiger partial charge in [-0.3, -0.25) is 9.59 Å². The van der Waals surface area contributed by atoms with Gasteiger partial charge in [-0.1, -0.05) is 18.2 Å². The zero-order chi connectivity index (χ0) is 16.7. The van der Waals surface area contributed by atoms with Crippen LogP contribution in [0.2, 0.25) is 0 Å². The SMILES string of the molecule is COc1cccc(NC(=O)CC(=O)NCc2ccc(F)cc2)c1. The first kappa shape index (κ1) is 16.5. The first-order valence-electron chi connectivity index (χ1n) is 7.02. The smallest absolute Gasteiger partial charge is 0.233 e. The van der Waals surface area contributed by atoms with E-state index >= 15 is 0 Å². The number of carbonyl (C=O) groups is 2. The quantitative estimate of drug-likeness (QED) is 0.805. The number of amides is 2. The van der Waals surface area contributed by atoms with Crippen molar-refractivity contribution in [3.8, 4) is 5.75 Å². The Morgan fingerprint density at radius 1 is 1.09 bits per heavy atom. The van der Waals surface area contributed by atoms with E-state index in [9.17, 15) is 14.0 Å². The molecule has 0 saturated carbocycles. The maximum atomic E-state index is 12.8. The Hall–Kier alpha value is -2.89. The maximum absolute atomic E-state index is 12.8. The van der Waals surface area contributed by atoms with E-state index in [0.29, 0.717) is 11.4 Å². The Balaban J connectivity index is 1.80. The normalized spacial score (nSPS) is 10.0. The first-order chi connectivity index (χ1) is 11.1. The van der Waals surface area contributed by atoms with Crippen molar-refractivity contribution in [2.45, 2.75) is 13.0 Å². The van der Waals surface area contributed by atoms with Gasteiger partial charge in [0.25, 0.3) is 0 Å². The van der Waals surface area contributed by atoms with Crippen molar-refractivity contribution in [1.82, 2.24) is 5.32 Å². The highest BCUT2D eigenvalue weighted by atomic mass is 19.1. The Labute approximate surface area is 133 Å². The van der Waals surface area contributed by atoms with Crippen molar-refractivity contribution in [3.05, 3.63) is 59.9 Å². The summed E-state index contributed by atoms with van der Waals surface area (Å²) in [5.74, 6) is -0.550. The largest absolute Gasteiger partial charge is 0.497 e. The molecule has 0 bridgehead atoms. The van der Waals surface area contributed by atoms with Gasteiger partial charge in [0.05, 0.1) is 7.11 Å². The zero-order valence-corrected chi connectivity index (χ0v) is 12.6. The van der Waals surface area contributed by atoms with E-state index in [1.54, 1.807) is 36.4 Å². The monoisotopic (exact) mass is 316 g/mol. The number of nitrogens with one attached hydrogen (secondary N) is 2. The van der Waals surface area contributed by atoms with Crippen LogP contribution in [0.25, 0.3) is 0 Å². The van der Waals surface area contributed by atoms with Crippen LogP contribution in [0, 0.1) is 5.82 Å². The fraction of sp³-hybridized carbons (Fsp3) is 0.176. The number of anilines is 1. The van der Waals surface area contributed by atoms with Crippen LogP contribution >= 0.6 is 0 Å². The lowest BCUT2D eigenvalue weighted by molar-refractivity contribution is -0.126. The maximum Gasteiger partial charge on any atom is 0.233 e. The van der Waals surface area contributed by atoms with E-state index in [2.05, 4.69) is 10.6 Å². The number of methoxy groups -OCH3 is 1. The molecule has 2 aromatic rings. The van der Waals surface area contributed by atoms with E-state index < -0.39 is 11.8 Å². The molecule has 2 aromatic carbocycles. The van der Waals surface area contributed by atoms with E-state index in [0.717, 1.165) is 5.56 Å². The van der Waals surface area contributed by atoms with Crippen molar-refractivity contribution < 1.29 is 18.7 Å². The average molecular weight is 316 g/mol. The van der Waals surface area contributed by atoms with Gasteiger partial charge >= 0.3 is 0 Å². The van der Waals surface area contributed by atoms with Gasteiger partial charge in [0, 0.05) is 18.3 Å². The van der Waals surface area contributed by atoms with Crippen LogP contribution in [-0.4, -0.2) is 18.9 Å². The minimum Gasteiger partial charge on any atom is -0.497 e. The predicted molar refractivity (Wildman–Crippen MR) is 84.5 cm³/mol. The summed E-state index contributed by atoms with van der Waals surface area (Å²) in [4.78, 5) is 23.6. The van der Waals surface area contributed by atoms with Crippen LogP contribution in [0.3, 0.4) is 0 Å². The number of hydrogen-bond donors (Lipinski definition) is 2. The molecule has 0 fully saturated rings. The molecule has 0 spiro atoms. The Bertz CT molecular complexity index is 686. The van der Waals surface area contributed by atoms with Crippen molar-refractivity contribution in [3.63, 3.8) is 0 Å². The summed E-state index contributed by atoms with van der Waals surface area (Å²) in [7, 11) is 1.53. The molecular weight excluding hydrogens is 299 g/mol. The summed E-state index contributed by atoms with van der Waals surface area (Å²) >= 11 is 0. The molecule has 2 N–H and O–H groups in total. The van der Waals surface area contributed by atoms with Gasteiger partial charge in [-0.2, -0.15) is 0 Å². The molecule has 5 nitrogen and oxygen atoms in total. The molecule has 0 atom stereocenters. The molecule has 23 heavy (non-hydrogen) atoms. The highest BCUT2D eigenvalue weighted by molar-refractivity contribution is 6.03. The summed E-state index contributed by atoms with van der Waals surface area (Å²) in [6, 6.07) is 12.6. The second-order valence-electron chi connectivity index (χ2n) is 4.86. The van der Waals surface area contributed by atoms with E-state index in [-0.39, 0.29) is 18.8 Å². The number of benzene rings is 2. The predicted octanol–water partition coefficient (Wildman–Crippen LogP) is 2.48. The van der Waals surface area contributed by atoms with Gasteiger partial charge in [0.1, 0.15) is 18.0 Å². The summed E-state index contributed by atoms with van der Waals surface area (Å²) in [6.45, 7) is 0.242. The lowest BCUT2D eigenvalue weighted by atomic mass is 10.2. The van der Waals surface area contributed by atoms with Crippen LogP contribution in [-0.2, 0) is 16.1 Å². The second kappa shape index (κ2) is 7.93. The van der Waals surface area contributed by atoms with Crippen LogP contribution in [0.15, 0.2) is 48.5 Å². The van der Waals surface area contributed by atoms with Crippen LogP contribution in [0.1, 0.15) is 12.0 Å². The lowest BCUT2D eigenvalue weighted by Gasteiger charge is -2.08. The second-order valence-corrected chi connectivity index (χ2v) is 4.86. The van der Waals surface area contributed by atoms with Crippen LogP contribution in [0.4, 0.5) is 10.1 Å². The highest BCUT2D eigenvalue weighted by Crippen LogP contribution is 2.16. The van der Waals surface area contributed by atoms with Gasteiger partial charge in [0.2, 0.25) is 11.8 Å². The molecule has 0 aliphatic carbocycles. The molecule has 0 radical (unpaired) electrons. The molecule has 0 heterocycles. The number of ether oxygens (including phenoxy) is 1. The van der Waals surface area contributed by atoms with Crippen molar-refractivity contribution in [1.29, 1.82) is 0 Å². The third-order valence-electron chi connectivity index (χ3n) is 3.08. The summed E-state index contributed by atoms with van der Waals surface area (Å²) in [6.07, 6.45) is -0.293. The molecule has 0 saturated heterocycles. The standard InChI is InChI=1S/C17H17FN2O3/c1-23-15-4-2-3-14(9-15)20-17(22)10-16(21)19-11-12-5-7-13(18)8-6-12/h2-9H,10-11H2,1H3,(H,19,21)(H,20,22). The molecule has 6 heteroatoms. The molecule has 2 amide bonds. The fourth-order valence-electron chi connectivity index (χ4n) is 1.92. The average Bonchev–Trinajstić information content (AvgIpc) is 2.54. The molecule has 0 aliphatic heterocycles. The summed E-state index contributed by atoms with van der Waals surface area (Å²) < 4.78 is 17.8. The molecular formula is C17H17FN2O3. The van der Waals surface area contributed by atoms with Gasteiger partial charge in [0.15, 0.2) is 0 Å².